The highest BCUT2D eigenvalue weighted by Crippen LogP contribution is 2.32. The summed E-state index contributed by atoms with van der Waals surface area (Å²) in [6.07, 6.45) is 2.25. The van der Waals surface area contributed by atoms with E-state index >= 15 is 0 Å². The molecule has 1 aromatic rings. The SMILES string of the molecule is CCC(CC)CNC(C)c1c(Cl)ccc(F)c1Cl. The van der Waals surface area contributed by atoms with Crippen LogP contribution in [0.5, 0.6) is 0 Å². The van der Waals surface area contributed by atoms with Crippen molar-refractivity contribution in [1.29, 1.82) is 0 Å². The van der Waals surface area contributed by atoms with Gasteiger partial charge in [-0.3, -0.25) is 0 Å². The third kappa shape index (κ3) is 3.84. The molecule has 0 saturated carbocycles. The van der Waals surface area contributed by atoms with Crippen molar-refractivity contribution in [2.45, 2.75) is 39.7 Å². The van der Waals surface area contributed by atoms with E-state index in [0.29, 0.717) is 16.5 Å². The Hall–Kier alpha value is -0.310. The minimum absolute atomic E-state index is 0.0544. The van der Waals surface area contributed by atoms with Crippen LogP contribution in [0.3, 0.4) is 0 Å². The van der Waals surface area contributed by atoms with Crippen molar-refractivity contribution >= 4 is 23.2 Å². The van der Waals surface area contributed by atoms with Gasteiger partial charge in [-0.2, -0.15) is 0 Å². The molecule has 0 heterocycles. The molecule has 102 valence electrons. The van der Waals surface area contributed by atoms with Crippen LogP contribution in [0.25, 0.3) is 0 Å². The Labute approximate surface area is 119 Å². The summed E-state index contributed by atoms with van der Waals surface area (Å²) in [7, 11) is 0. The molecule has 0 radical (unpaired) electrons. The van der Waals surface area contributed by atoms with Gasteiger partial charge in [-0.05, 0) is 31.5 Å². The zero-order valence-corrected chi connectivity index (χ0v) is 12.6. The fourth-order valence-electron chi connectivity index (χ4n) is 1.96. The average molecular weight is 292 g/mol. The van der Waals surface area contributed by atoms with Crippen LogP contribution in [-0.2, 0) is 0 Å². The molecular formula is C14H20Cl2FN. The average Bonchev–Trinajstić information content (AvgIpc) is 2.35. The number of benzene rings is 1. The van der Waals surface area contributed by atoms with Gasteiger partial charge in [-0.25, -0.2) is 4.39 Å². The number of halogens is 3. The highest BCUT2D eigenvalue weighted by molar-refractivity contribution is 6.36. The number of nitrogens with one attached hydrogen (secondary N) is 1. The number of hydrogen-bond acceptors (Lipinski definition) is 1. The summed E-state index contributed by atoms with van der Waals surface area (Å²) in [6.45, 7) is 7.18. The molecule has 0 saturated heterocycles. The molecule has 18 heavy (non-hydrogen) atoms. The minimum Gasteiger partial charge on any atom is -0.310 e. The van der Waals surface area contributed by atoms with E-state index in [9.17, 15) is 4.39 Å². The lowest BCUT2D eigenvalue weighted by molar-refractivity contribution is 0.422. The molecule has 4 heteroatoms. The van der Waals surface area contributed by atoms with Crippen molar-refractivity contribution in [3.8, 4) is 0 Å². The molecule has 0 aliphatic carbocycles. The van der Waals surface area contributed by atoms with Gasteiger partial charge in [0, 0.05) is 16.6 Å². The van der Waals surface area contributed by atoms with Gasteiger partial charge in [0.15, 0.2) is 0 Å². The van der Waals surface area contributed by atoms with E-state index in [1.165, 1.54) is 6.07 Å². The first-order valence-corrected chi connectivity index (χ1v) is 7.13. The molecule has 1 rings (SSSR count). The molecule has 0 aliphatic heterocycles. The predicted molar refractivity (Wildman–Crippen MR) is 76.9 cm³/mol. The summed E-state index contributed by atoms with van der Waals surface area (Å²) in [4.78, 5) is 0. The van der Waals surface area contributed by atoms with Gasteiger partial charge in [0.2, 0.25) is 0 Å². The van der Waals surface area contributed by atoms with Crippen LogP contribution < -0.4 is 5.32 Å². The lowest BCUT2D eigenvalue weighted by Crippen LogP contribution is -2.25. The van der Waals surface area contributed by atoms with Crippen LogP contribution in [0, 0.1) is 11.7 Å². The first kappa shape index (κ1) is 15.7. The van der Waals surface area contributed by atoms with E-state index in [4.69, 9.17) is 23.2 Å². The normalized spacial score (nSPS) is 13.1. The van der Waals surface area contributed by atoms with Gasteiger partial charge in [0.1, 0.15) is 5.82 Å². The molecule has 0 spiro atoms. The maximum atomic E-state index is 13.4. The smallest absolute Gasteiger partial charge is 0.142 e. The molecule has 0 fully saturated rings. The Morgan fingerprint density at radius 2 is 1.83 bits per heavy atom. The summed E-state index contributed by atoms with van der Waals surface area (Å²) in [6, 6.07) is 2.79. The summed E-state index contributed by atoms with van der Waals surface area (Å²) in [5.41, 5.74) is 0.643. The topological polar surface area (TPSA) is 12.0 Å². The number of rotatable bonds is 6. The van der Waals surface area contributed by atoms with E-state index in [1.807, 2.05) is 6.92 Å². The standard InChI is InChI=1S/C14H20Cl2FN/c1-4-10(5-2)8-18-9(3)13-11(15)6-7-12(17)14(13)16/h6-7,9-10,18H,4-5,8H2,1-3H3. The van der Waals surface area contributed by atoms with E-state index < -0.39 is 5.82 Å². The first-order chi connectivity index (χ1) is 8.51. The summed E-state index contributed by atoms with van der Waals surface area (Å²) < 4.78 is 13.4. The van der Waals surface area contributed by atoms with Gasteiger partial charge in [-0.1, -0.05) is 49.9 Å². The third-order valence-corrected chi connectivity index (χ3v) is 4.09. The quantitative estimate of drug-likeness (QED) is 0.709. The second kappa shape index (κ2) is 7.32. The molecule has 0 bridgehead atoms. The fraction of sp³-hybridized carbons (Fsp3) is 0.571. The van der Waals surface area contributed by atoms with Crippen molar-refractivity contribution in [2.24, 2.45) is 5.92 Å². The van der Waals surface area contributed by atoms with E-state index in [0.717, 1.165) is 19.4 Å². The monoisotopic (exact) mass is 291 g/mol. The maximum Gasteiger partial charge on any atom is 0.142 e. The second-order valence-electron chi connectivity index (χ2n) is 4.57. The van der Waals surface area contributed by atoms with Gasteiger partial charge in [0.05, 0.1) is 5.02 Å². The Balaban J connectivity index is 2.78. The van der Waals surface area contributed by atoms with Gasteiger partial charge in [-0.15, -0.1) is 0 Å². The lowest BCUT2D eigenvalue weighted by Gasteiger charge is -2.20. The Kier molecular flexibility index (Phi) is 6.40. The maximum absolute atomic E-state index is 13.4. The van der Waals surface area contributed by atoms with Crippen LogP contribution in [0.15, 0.2) is 12.1 Å². The van der Waals surface area contributed by atoms with Crippen molar-refractivity contribution < 1.29 is 4.39 Å². The minimum atomic E-state index is -0.424. The third-order valence-electron chi connectivity index (χ3n) is 3.38. The second-order valence-corrected chi connectivity index (χ2v) is 5.35. The lowest BCUT2D eigenvalue weighted by atomic mass is 10.0. The Morgan fingerprint density at radius 1 is 1.22 bits per heavy atom. The van der Waals surface area contributed by atoms with Crippen LogP contribution in [0.4, 0.5) is 4.39 Å². The fourth-order valence-corrected chi connectivity index (χ4v) is 2.66. The molecule has 0 aliphatic rings. The Morgan fingerprint density at radius 3 is 2.39 bits per heavy atom. The van der Waals surface area contributed by atoms with E-state index in [-0.39, 0.29) is 11.1 Å². The van der Waals surface area contributed by atoms with Crippen molar-refractivity contribution in [1.82, 2.24) is 5.32 Å². The van der Waals surface area contributed by atoms with Crippen LogP contribution in [-0.4, -0.2) is 6.54 Å². The molecule has 1 unspecified atom stereocenters. The predicted octanol–water partition coefficient (Wildman–Crippen LogP) is 5.22. The Bertz CT molecular complexity index is 392. The molecule has 0 aromatic heterocycles. The van der Waals surface area contributed by atoms with Crippen molar-refractivity contribution in [3.05, 3.63) is 33.6 Å². The van der Waals surface area contributed by atoms with Gasteiger partial charge in [0.25, 0.3) is 0 Å². The van der Waals surface area contributed by atoms with E-state index in [1.54, 1.807) is 6.07 Å². The van der Waals surface area contributed by atoms with Crippen LogP contribution >= 0.6 is 23.2 Å². The largest absolute Gasteiger partial charge is 0.310 e. The van der Waals surface area contributed by atoms with E-state index in [2.05, 4.69) is 19.2 Å². The van der Waals surface area contributed by atoms with Crippen molar-refractivity contribution in [3.63, 3.8) is 0 Å². The molecule has 1 nitrogen and oxygen atoms in total. The molecule has 1 aromatic carbocycles. The highest BCUT2D eigenvalue weighted by atomic mass is 35.5. The summed E-state index contributed by atoms with van der Waals surface area (Å²) in [5.74, 6) is 0.200. The zero-order chi connectivity index (χ0) is 13.7. The number of hydrogen-bond donors (Lipinski definition) is 1. The first-order valence-electron chi connectivity index (χ1n) is 6.37. The molecule has 1 N–H and O–H groups in total. The summed E-state index contributed by atoms with van der Waals surface area (Å²) in [5, 5.41) is 4.00. The highest BCUT2D eigenvalue weighted by Gasteiger charge is 2.17. The summed E-state index contributed by atoms with van der Waals surface area (Å²) >= 11 is 12.1. The molecular weight excluding hydrogens is 272 g/mol. The molecule has 1 atom stereocenters. The van der Waals surface area contributed by atoms with Gasteiger partial charge >= 0.3 is 0 Å². The van der Waals surface area contributed by atoms with Crippen molar-refractivity contribution in [2.75, 3.05) is 6.54 Å². The van der Waals surface area contributed by atoms with Crippen LogP contribution in [0.1, 0.15) is 45.2 Å². The van der Waals surface area contributed by atoms with Crippen LogP contribution in [0.2, 0.25) is 10.0 Å². The molecule has 0 amide bonds. The van der Waals surface area contributed by atoms with Gasteiger partial charge < -0.3 is 5.32 Å². The zero-order valence-electron chi connectivity index (χ0n) is 11.1.